The monoisotopic (exact) mass is 248 g/mol. The van der Waals surface area contributed by atoms with Gasteiger partial charge >= 0.3 is 0 Å². The largest absolute Gasteiger partial charge is 0.467 e. The molecule has 0 radical (unpaired) electrons. The average Bonchev–Trinajstić information content (AvgIpc) is 3.05. The van der Waals surface area contributed by atoms with Crippen LogP contribution in [-0.2, 0) is 0 Å². The van der Waals surface area contributed by atoms with Crippen molar-refractivity contribution in [2.24, 2.45) is 0 Å². The number of rotatable bonds is 6. The van der Waals surface area contributed by atoms with Gasteiger partial charge in [0.25, 0.3) is 0 Å². The van der Waals surface area contributed by atoms with Crippen LogP contribution in [0.1, 0.15) is 36.6 Å². The number of hydrogen-bond acceptors (Lipinski definition) is 4. The zero-order chi connectivity index (χ0) is 12.8. The molecular formula is C14H16O4. The first kappa shape index (κ1) is 12.7. The van der Waals surface area contributed by atoms with Crippen molar-refractivity contribution in [2.45, 2.75) is 25.0 Å². The molecule has 0 aliphatic heterocycles. The zero-order valence-corrected chi connectivity index (χ0v) is 9.90. The van der Waals surface area contributed by atoms with Gasteiger partial charge in [-0.1, -0.05) is 12.2 Å². The van der Waals surface area contributed by atoms with E-state index in [0.29, 0.717) is 24.4 Å². The number of hydrogen-bond donors (Lipinski definition) is 2. The highest BCUT2D eigenvalue weighted by Gasteiger charge is 2.09. The summed E-state index contributed by atoms with van der Waals surface area (Å²) in [7, 11) is 0. The standard InChI is InChI=1S/C14H16O4/c15-11(13-7-3-9-17-13)5-1-2-6-12(16)14-8-4-10-18-14/h1-4,7-12,15-16H,5-6H2/b2-1+/t11-,12-/m1/s1. The van der Waals surface area contributed by atoms with Crippen molar-refractivity contribution < 1.29 is 19.0 Å². The van der Waals surface area contributed by atoms with Crippen LogP contribution in [0.2, 0.25) is 0 Å². The van der Waals surface area contributed by atoms with Crippen molar-refractivity contribution in [3.8, 4) is 0 Å². The summed E-state index contributed by atoms with van der Waals surface area (Å²) in [6, 6.07) is 6.94. The molecule has 2 aromatic rings. The highest BCUT2D eigenvalue weighted by atomic mass is 16.4. The molecule has 4 nitrogen and oxygen atoms in total. The van der Waals surface area contributed by atoms with Crippen molar-refractivity contribution in [1.29, 1.82) is 0 Å². The minimum absolute atomic E-state index is 0.457. The minimum Gasteiger partial charge on any atom is -0.467 e. The fourth-order valence-electron chi connectivity index (χ4n) is 1.64. The fourth-order valence-corrected chi connectivity index (χ4v) is 1.64. The number of furan rings is 2. The molecule has 0 saturated carbocycles. The molecule has 0 fully saturated rings. The van der Waals surface area contributed by atoms with Gasteiger partial charge in [-0.15, -0.1) is 0 Å². The molecule has 4 heteroatoms. The number of aliphatic hydroxyl groups excluding tert-OH is 2. The molecule has 0 bridgehead atoms. The smallest absolute Gasteiger partial charge is 0.132 e. The molecule has 0 aliphatic rings. The van der Waals surface area contributed by atoms with Crippen LogP contribution in [0, 0.1) is 0 Å². The molecule has 18 heavy (non-hydrogen) atoms. The van der Waals surface area contributed by atoms with Crippen molar-refractivity contribution in [1.82, 2.24) is 0 Å². The van der Waals surface area contributed by atoms with Gasteiger partial charge in [0.15, 0.2) is 0 Å². The lowest BCUT2D eigenvalue weighted by Gasteiger charge is -2.05. The lowest BCUT2D eigenvalue weighted by molar-refractivity contribution is 0.149. The van der Waals surface area contributed by atoms with E-state index in [1.165, 1.54) is 12.5 Å². The lowest BCUT2D eigenvalue weighted by atomic mass is 10.1. The Hall–Kier alpha value is -1.78. The third kappa shape index (κ3) is 3.35. The maximum Gasteiger partial charge on any atom is 0.132 e. The quantitative estimate of drug-likeness (QED) is 0.771. The third-order valence-electron chi connectivity index (χ3n) is 2.63. The molecule has 2 N–H and O–H groups in total. The molecular weight excluding hydrogens is 232 g/mol. The van der Waals surface area contributed by atoms with Gasteiger partial charge in [0.1, 0.15) is 23.7 Å². The molecule has 0 saturated heterocycles. The molecule has 0 amide bonds. The summed E-state index contributed by atoms with van der Waals surface area (Å²) >= 11 is 0. The van der Waals surface area contributed by atoms with Crippen LogP contribution in [0.25, 0.3) is 0 Å². The summed E-state index contributed by atoms with van der Waals surface area (Å²) in [5, 5.41) is 19.5. The molecule has 0 spiro atoms. The number of aliphatic hydroxyl groups is 2. The van der Waals surface area contributed by atoms with Crippen molar-refractivity contribution in [3.63, 3.8) is 0 Å². The van der Waals surface area contributed by atoms with Crippen LogP contribution >= 0.6 is 0 Å². The van der Waals surface area contributed by atoms with Gasteiger partial charge in [-0.05, 0) is 37.1 Å². The van der Waals surface area contributed by atoms with Crippen molar-refractivity contribution in [2.75, 3.05) is 0 Å². The highest BCUT2D eigenvalue weighted by Crippen LogP contribution is 2.19. The molecule has 2 aromatic heterocycles. The molecule has 0 aromatic carbocycles. The van der Waals surface area contributed by atoms with Crippen molar-refractivity contribution >= 4 is 0 Å². The second-order valence-corrected chi connectivity index (χ2v) is 4.01. The van der Waals surface area contributed by atoms with E-state index in [2.05, 4.69) is 0 Å². The molecule has 0 aliphatic carbocycles. The van der Waals surface area contributed by atoms with Crippen LogP contribution in [0.3, 0.4) is 0 Å². The summed E-state index contributed by atoms with van der Waals surface area (Å²) < 4.78 is 10.2. The summed E-state index contributed by atoms with van der Waals surface area (Å²) in [6.45, 7) is 0. The first-order valence-corrected chi connectivity index (χ1v) is 5.85. The minimum atomic E-state index is -0.642. The van der Waals surface area contributed by atoms with Gasteiger partial charge in [-0.25, -0.2) is 0 Å². The van der Waals surface area contributed by atoms with E-state index in [1.54, 1.807) is 24.3 Å². The summed E-state index contributed by atoms with van der Waals surface area (Å²) in [5.41, 5.74) is 0. The SMILES string of the molecule is O[C@H](C/C=C/C[C@@H](O)c1ccco1)c1ccco1. The van der Waals surface area contributed by atoms with Gasteiger partial charge in [0.05, 0.1) is 12.5 Å². The predicted molar refractivity (Wildman–Crippen MR) is 65.7 cm³/mol. The molecule has 2 heterocycles. The van der Waals surface area contributed by atoms with E-state index in [1.807, 2.05) is 12.2 Å². The predicted octanol–water partition coefficient (Wildman–Crippen LogP) is 2.98. The van der Waals surface area contributed by atoms with Crippen LogP contribution in [0.15, 0.2) is 57.8 Å². The Morgan fingerprint density at radius 1 is 0.889 bits per heavy atom. The summed E-state index contributed by atoms with van der Waals surface area (Å²) in [5.74, 6) is 1.09. The van der Waals surface area contributed by atoms with E-state index in [0.717, 1.165) is 0 Å². The second-order valence-electron chi connectivity index (χ2n) is 4.01. The van der Waals surface area contributed by atoms with Gasteiger partial charge in [0.2, 0.25) is 0 Å². The summed E-state index contributed by atoms with van der Waals surface area (Å²) in [4.78, 5) is 0. The molecule has 2 atom stereocenters. The Kier molecular flexibility index (Phi) is 4.39. The van der Waals surface area contributed by atoms with Crippen LogP contribution in [0.5, 0.6) is 0 Å². The van der Waals surface area contributed by atoms with Gasteiger partial charge in [0, 0.05) is 0 Å². The van der Waals surface area contributed by atoms with E-state index >= 15 is 0 Å². The molecule has 96 valence electrons. The fraction of sp³-hybridized carbons (Fsp3) is 0.286. The van der Waals surface area contributed by atoms with Crippen LogP contribution in [-0.4, -0.2) is 10.2 Å². The van der Waals surface area contributed by atoms with Gasteiger partial charge < -0.3 is 19.0 Å². The Bertz CT molecular complexity index is 412. The van der Waals surface area contributed by atoms with E-state index in [4.69, 9.17) is 8.83 Å². The third-order valence-corrected chi connectivity index (χ3v) is 2.63. The average molecular weight is 248 g/mol. The van der Waals surface area contributed by atoms with Crippen LogP contribution in [0.4, 0.5) is 0 Å². The first-order valence-electron chi connectivity index (χ1n) is 5.85. The Morgan fingerprint density at radius 3 is 1.67 bits per heavy atom. The van der Waals surface area contributed by atoms with E-state index in [-0.39, 0.29) is 0 Å². The molecule has 2 rings (SSSR count). The van der Waals surface area contributed by atoms with Gasteiger partial charge in [-0.3, -0.25) is 0 Å². The summed E-state index contributed by atoms with van der Waals surface area (Å²) in [6.07, 6.45) is 6.33. The topological polar surface area (TPSA) is 66.7 Å². The lowest BCUT2D eigenvalue weighted by Crippen LogP contribution is -1.94. The Balaban J connectivity index is 1.75. The molecule has 0 unspecified atom stereocenters. The first-order chi connectivity index (χ1) is 8.77. The zero-order valence-electron chi connectivity index (χ0n) is 9.90. The van der Waals surface area contributed by atoms with Crippen LogP contribution < -0.4 is 0 Å². The van der Waals surface area contributed by atoms with E-state index in [9.17, 15) is 10.2 Å². The van der Waals surface area contributed by atoms with E-state index < -0.39 is 12.2 Å². The maximum absolute atomic E-state index is 9.73. The van der Waals surface area contributed by atoms with Crippen molar-refractivity contribution in [3.05, 3.63) is 60.5 Å². The normalized spacial score (nSPS) is 15.0. The highest BCUT2D eigenvalue weighted by molar-refractivity contribution is 5.05. The Morgan fingerprint density at radius 2 is 1.33 bits per heavy atom. The Labute approximate surface area is 105 Å². The van der Waals surface area contributed by atoms with Gasteiger partial charge in [-0.2, -0.15) is 0 Å². The second kappa shape index (κ2) is 6.23. The maximum atomic E-state index is 9.73.